The summed E-state index contributed by atoms with van der Waals surface area (Å²) >= 11 is 0. The quantitative estimate of drug-likeness (QED) is 0.563. The Morgan fingerprint density at radius 3 is 1.88 bits per heavy atom. The Morgan fingerprint density at radius 1 is 1.19 bits per heavy atom. The van der Waals surface area contributed by atoms with E-state index in [9.17, 15) is 5.11 Å². The molecule has 0 amide bonds. The SMILES string of the molecule is C[C@@H](N)C(O)c1ccccc1.O=S(=O)(O)O. The van der Waals surface area contributed by atoms with Crippen LogP contribution in [0.15, 0.2) is 30.3 Å². The molecule has 2 atom stereocenters. The first-order valence-electron chi connectivity index (χ1n) is 4.40. The Morgan fingerprint density at radius 2 is 1.56 bits per heavy atom. The Balaban J connectivity index is 0.000000385. The number of aliphatic hydroxyl groups is 1. The molecule has 0 radical (unpaired) electrons. The normalized spacial score (nSPS) is 14.6. The van der Waals surface area contributed by atoms with Crippen LogP contribution in [0.5, 0.6) is 0 Å². The van der Waals surface area contributed by atoms with Crippen molar-refractivity contribution in [1.82, 2.24) is 0 Å². The highest BCUT2D eigenvalue weighted by atomic mass is 32.3. The van der Waals surface area contributed by atoms with Crippen LogP contribution >= 0.6 is 0 Å². The molecule has 0 fully saturated rings. The van der Waals surface area contributed by atoms with Gasteiger partial charge in [0.1, 0.15) is 0 Å². The predicted molar refractivity (Wildman–Crippen MR) is 59.2 cm³/mol. The highest BCUT2D eigenvalue weighted by Gasteiger charge is 2.10. The van der Waals surface area contributed by atoms with Crippen LogP contribution in [0.2, 0.25) is 0 Å². The standard InChI is InChI=1S/C9H13NO.H2O4S/c1-7(10)9(11)8-5-3-2-4-6-8;1-5(2,3)4/h2-7,9,11H,10H2,1H3;(H2,1,2,3,4)/t7-,9?;/m1./s1. The van der Waals surface area contributed by atoms with E-state index < -0.39 is 16.5 Å². The van der Waals surface area contributed by atoms with E-state index in [1.165, 1.54) is 0 Å². The molecule has 16 heavy (non-hydrogen) atoms. The molecule has 0 saturated carbocycles. The molecule has 0 bridgehead atoms. The van der Waals surface area contributed by atoms with E-state index in [-0.39, 0.29) is 6.04 Å². The fraction of sp³-hybridized carbons (Fsp3) is 0.333. The summed E-state index contributed by atoms with van der Waals surface area (Å²) in [5, 5.41) is 9.47. The monoisotopic (exact) mass is 249 g/mol. The fourth-order valence-electron chi connectivity index (χ4n) is 0.954. The van der Waals surface area contributed by atoms with Crippen molar-refractivity contribution in [3.63, 3.8) is 0 Å². The van der Waals surface area contributed by atoms with Gasteiger partial charge >= 0.3 is 10.4 Å². The highest BCUT2D eigenvalue weighted by molar-refractivity contribution is 7.79. The third kappa shape index (κ3) is 8.33. The van der Waals surface area contributed by atoms with Crippen LogP contribution in [0.4, 0.5) is 0 Å². The second-order valence-corrected chi connectivity index (χ2v) is 4.06. The van der Waals surface area contributed by atoms with Gasteiger partial charge in [-0.15, -0.1) is 0 Å². The van der Waals surface area contributed by atoms with Gasteiger partial charge in [0.2, 0.25) is 0 Å². The maximum atomic E-state index is 9.47. The lowest BCUT2D eigenvalue weighted by Gasteiger charge is -2.13. The molecule has 92 valence electrons. The first-order chi connectivity index (χ1) is 7.22. The minimum Gasteiger partial charge on any atom is -0.387 e. The van der Waals surface area contributed by atoms with Crippen molar-refractivity contribution < 1.29 is 22.6 Å². The molecule has 5 N–H and O–H groups in total. The van der Waals surface area contributed by atoms with Gasteiger partial charge in [0.25, 0.3) is 0 Å². The molecule has 1 unspecified atom stereocenters. The van der Waals surface area contributed by atoms with Crippen molar-refractivity contribution in [1.29, 1.82) is 0 Å². The van der Waals surface area contributed by atoms with Crippen molar-refractivity contribution in [2.45, 2.75) is 19.1 Å². The van der Waals surface area contributed by atoms with Crippen LogP contribution in [-0.4, -0.2) is 28.7 Å². The Bertz CT molecular complexity index is 382. The topological polar surface area (TPSA) is 121 Å². The Hall–Kier alpha value is -0.990. The summed E-state index contributed by atoms with van der Waals surface area (Å²) in [5.74, 6) is 0. The number of nitrogens with two attached hydrogens (primary N) is 1. The third-order valence-corrected chi connectivity index (χ3v) is 1.64. The number of rotatable bonds is 2. The highest BCUT2D eigenvalue weighted by Crippen LogP contribution is 2.13. The zero-order valence-electron chi connectivity index (χ0n) is 8.69. The van der Waals surface area contributed by atoms with Crippen molar-refractivity contribution in [3.05, 3.63) is 35.9 Å². The Labute approximate surface area is 94.3 Å². The maximum absolute atomic E-state index is 9.47. The van der Waals surface area contributed by atoms with Crippen LogP contribution in [0.3, 0.4) is 0 Å². The van der Waals surface area contributed by atoms with Crippen molar-refractivity contribution in [2.75, 3.05) is 0 Å². The van der Waals surface area contributed by atoms with Crippen molar-refractivity contribution in [3.8, 4) is 0 Å². The van der Waals surface area contributed by atoms with E-state index in [1.54, 1.807) is 6.92 Å². The van der Waals surface area contributed by atoms with Crippen LogP contribution in [0, 0.1) is 0 Å². The number of hydrogen-bond donors (Lipinski definition) is 4. The van der Waals surface area contributed by atoms with Crippen LogP contribution < -0.4 is 5.73 Å². The average Bonchev–Trinajstić information content (AvgIpc) is 2.15. The molecule has 0 aliphatic heterocycles. The lowest BCUT2D eigenvalue weighted by molar-refractivity contribution is 0.153. The molecule has 1 rings (SSSR count). The summed E-state index contributed by atoms with van der Waals surface area (Å²) < 4.78 is 31.6. The zero-order chi connectivity index (χ0) is 12.8. The number of aliphatic hydroxyl groups excluding tert-OH is 1. The summed E-state index contributed by atoms with van der Waals surface area (Å²) in [4.78, 5) is 0. The minimum absolute atomic E-state index is 0.211. The van der Waals surface area contributed by atoms with Crippen LogP contribution in [0.1, 0.15) is 18.6 Å². The largest absolute Gasteiger partial charge is 0.394 e. The molecular weight excluding hydrogens is 234 g/mol. The summed E-state index contributed by atoms with van der Waals surface area (Å²) in [7, 11) is -4.67. The third-order valence-electron chi connectivity index (χ3n) is 1.64. The van der Waals surface area contributed by atoms with Gasteiger partial charge in [-0.1, -0.05) is 30.3 Å². The number of benzene rings is 1. The lowest BCUT2D eigenvalue weighted by atomic mass is 10.0. The van der Waals surface area contributed by atoms with Gasteiger partial charge in [-0.3, -0.25) is 9.11 Å². The lowest BCUT2D eigenvalue weighted by Crippen LogP contribution is -2.24. The van der Waals surface area contributed by atoms with E-state index in [0.717, 1.165) is 5.56 Å². The summed E-state index contributed by atoms with van der Waals surface area (Å²) in [5.41, 5.74) is 6.40. The summed E-state index contributed by atoms with van der Waals surface area (Å²) in [6.45, 7) is 1.79. The van der Waals surface area contributed by atoms with Crippen LogP contribution in [-0.2, 0) is 10.4 Å². The Kier molecular flexibility index (Phi) is 6.16. The van der Waals surface area contributed by atoms with Crippen molar-refractivity contribution >= 4 is 10.4 Å². The predicted octanol–water partition coefficient (Wildman–Crippen LogP) is 0.414. The van der Waals surface area contributed by atoms with Gasteiger partial charge in [0, 0.05) is 6.04 Å². The smallest absolute Gasteiger partial charge is 0.387 e. The van der Waals surface area contributed by atoms with E-state index in [0.29, 0.717) is 0 Å². The van der Waals surface area contributed by atoms with Gasteiger partial charge in [0.15, 0.2) is 0 Å². The summed E-state index contributed by atoms with van der Waals surface area (Å²) in [6.07, 6.45) is -0.545. The average molecular weight is 249 g/mol. The van der Waals surface area contributed by atoms with E-state index >= 15 is 0 Å². The molecule has 0 spiro atoms. The molecule has 6 nitrogen and oxygen atoms in total. The van der Waals surface area contributed by atoms with Gasteiger partial charge in [-0.05, 0) is 12.5 Å². The molecule has 1 aromatic carbocycles. The van der Waals surface area contributed by atoms with Gasteiger partial charge in [-0.25, -0.2) is 0 Å². The number of hydrogen-bond acceptors (Lipinski definition) is 4. The first kappa shape index (κ1) is 15.0. The second kappa shape index (κ2) is 6.56. The summed E-state index contributed by atoms with van der Waals surface area (Å²) in [6, 6.07) is 9.22. The molecule has 0 heterocycles. The zero-order valence-corrected chi connectivity index (χ0v) is 9.50. The van der Waals surface area contributed by atoms with E-state index in [2.05, 4.69) is 0 Å². The molecule has 1 aromatic rings. The van der Waals surface area contributed by atoms with E-state index in [1.807, 2.05) is 30.3 Å². The van der Waals surface area contributed by atoms with Gasteiger partial charge < -0.3 is 10.8 Å². The van der Waals surface area contributed by atoms with Gasteiger partial charge in [0.05, 0.1) is 6.10 Å². The molecule has 0 saturated heterocycles. The van der Waals surface area contributed by atoms with E-state index in [4.69, 9.17) is 23.3 Å². The fourth-order valence-corrected chi connectivity index (χ4v) is 0.954. The molecular formula is C9H15NO5S. The molecule has 0 aromatic heterocycles. The molecule has 0 aliphatic carbocycles. The molecule has 0 aliphatic rings. The van der Waals surface area contributed by atoms with Crippen molar-refractivity contribution in [2.24, 2.45) is 5.73 Å². The minimum atomic E-state index is -4.67. The first-order valence-corrected chi connectivity index (χ1v) is 5.80. The second-order valence-electron chi connectivity index (χ2n) is 3.16. The van der Waals surface area contributed by atoms with Gasteiger partial charge in [-0.2, -0.15) is 8.42 Å². The molecule has 7 heteroatoms. The maximum Gasteiger partial charge on any atom is 0.394 e. The van der Waals surface area contributed by atoms with Crippen LogP contribution in [0.25, 0.3) is 0 Å².